The first-order valence-electron chi connectivity index (χ1n) is 5.42. The molecule has 2 N–H and O–H groups in total. The van der Waals surface area contributed by atoms with Crippen molar-refractivity contribution in [3.05, 3.63) is 24.0 Å². The lowest BCUT2D eigenvalue weighted by atomic mass is 9.77. The molecule has 1 aromatic rings. The number of hydrogen-bond acceptors (Lipinski definition) is 1. The lowest BCUT2D eigenvalue weighted by Gasteiger charge is -2.30. The monoisotopic (exact) mass is 193 g/mol. The molecular formula is C12H19NO. The van der Waals surface area contributed by atoms with Gasteiger partial charge in [0, 0.05) is 12.4 Å². The van der Waals surface area contributed by atoms with E-state index in [0.717, 1.165) is 12.0 Å². The maximum absolute atomic E-state index is 10.2. The van der Waals surface area contributed by atoms with Gasteiger partial charge in [0.2, 0.25) is 0 Å². The first kappa shape index (κ1) is 9.78. The zero-order chi connectivity index (χ0) is 10.2. The van der Waals surface area contributed by atoms with E-state index in [2.05, 4.69) is 18.8 Å². The van der Waals surface area contributed by atoms with Crippen molar-refractivity contribution in [2.45, 2.75) is 39.2 Å². The fourth-order valence-corrected chi connectivity index (χ4v) is 2.69. The number of aromatic amines is 1. The number of aliphatic hydroxyl groups excluding tert-OH is 1. The Morgan fingerprint density at radius 3 is 2.86 bits per heavy atom. The molecule has 14 heavy (non-hydrogen) atoms. The largest absolute Gasteiger partial charge is 0.388 e. The van der Waals surface area contributed by atoms with Crippen LogP contribution < -0.4 is 0 Å². The summed E-state index contributed by atoms with van der Waals surface area (Å²) in [6, 6.07) is 1.97. The minimum Gasteiger partial charge on any atom is -0.388 e. The van der Waals surface area contributed by atoms with Crippen LogP contribution in [-0.2, 0) is 0 Å². The zero-order valence-corrected chi connectivity index (χ0v) is 8.96. The summed E-state index contributed by atoms with van der Waals surface area (Å²) in [5.41, 5.74) is 1.32. The molecule has 1 aliphatic carbocycles. The second-order valence-corrected chi connectivity index (χ2v) is 5.08. The molecule has 1 aromatic heterocycles. The summed E-state index contributed by atoms with van der Waals surface area (Å²) in [6.07, 6.45) is 7.12. The summed E-state index contributed by atoms with van der Waals surface area (Å²) in [7, 11) is 0. The Balaban J connectivity index is 2.16. The van der Waals surface area contributed by atoms with E-state index in [1.54, 1.807) is 0 Å². The quantitative estimate of drug-likeness (QED) is 0.744. The molecule has 2 nitrogen and oxygen atoms in total. The first-order chi connectivity index (χ1) is 6.61. The van der Waals surface area contributed by atoms with E-state index in [0.29, 0.717) is 5.92 Å². The lowest BCUT2D eigenvalue weighted by Crippen LogP contribution is -2.23. The molecule has 0 bridgehead atoms. The SMILES string of the molecule is CC1(C)CCCC1C(O)c1cc[nH]c1. The van der Waals surface area contributed by atoms with Crippen LogP contribution in [0, 0.1) is 11.3 Å². The van der Waals surface area contributed by atoms with Gasteiger partial charge in [0.25, 0.3) is 0 Å². The molecular weight excluding hydrogens is 174 g/mol. The van der Waals surface area contributed by atoms with Crippen LogP contribution in [0.1, 0.15) is 44.8 Å². The summed E-state index contributed by atoms with van der Waals surface area (Å²) >= 11 is 0. The van der Waals surface area contributed by atoms with Crippen molar-refractivity contribution in [3.8, 4) is 0 Å². The number of hydrogen-bond donors (Lipinski definition) is 2. The molecule has 1 saturated carbocycles. The Bertz CT molecular complexity index is 289. The molecule has 1 aliphatic rings. The maximum Gasteiger partial charge on any atom is 0.0837 e. The van der Waals surface area contributed by atoms with Gasteiger partial charge >= 0.3 is 0 Å². The van der Waals surface area contributed by atoms with Crippen molar-refractivity contribution in [1.29, 1.82) is 0 Å². The molecule has 0 saturated heterocycles. The van der Waals surface area contributed by atoms with E-state index < -0.39 is 0 Å². The predicted molar refractivity (Wildman–Crippen MR) is 56.9 cm³/mol. The standard InChI is InChI=1S/C12H19NO/c1-12(2)6-3-4-10(12)11(14)9-5-7-13-8-9/h5,7-8,10-11,13-14H,3-4,6H2,1-2H3. The normalized spacial score (nSPS) is 27.8. The van der Waals surface area contributed by atoms with Crippen LogP contribution >= 0.6 is 0 Å². The highest BCUT2D eigenvalue weighted by Crippen LogP contribution is 2.48. The predicted octanol–water partition coefficient (Wildman–Crippen LogP) is 2.87. The second-order valence-electron chi connectivity index (χ2n) is 5.08. The van der Waals surface area contributed by atoms with Crippen LogP contribution in [0.15, 0.2) is 18.5 Å². The van der Waals surface area contributed by atoms with E-state index in [4.69, 9.17) is 0 Å². The van der Waals surface area contributed by atoms with Gasteiger partial charge in [-0.2, -0.15) is 0 Å². The van der Waals surface area contributed by atoms with Crippen molar-refractivity contribution in [2.75, 3.05) is 0 Å². The van der Waals surface area contributed by atoms with E-state index in [9.17, 15) is 5.11 Å². The number of rotatable bonds is 2. The molecule has 78 valence electrons. The Morgan fingerprint density at radius 1 is 1.57 bits per heavy atom. The molecule has 1 heterocycles. The van der Waals surface area contributed by atoms with Gasteiger partial charge in [-0.3, -0.25) is 0 Å². The molecule has 0 spiro atoms. The Hall–Kier alpha value is -0.760. The average molecular weight is 193 g/mol. The number of nitrogens with one attached hydrogen (secondary N) is 1. The molecule has 2 heteroatoms. The van der Waals surface area contributed by atoms with Crippen LogP contribution in [0.25, 0.3) is 0 Å². The lowest BCUT2D eigenvalue weighted by molar-refractivity contribution is 0.0533. The van der Waals surface area contributed by atoms with Crippen molar-refractivity contribution < 1.29 is 5.11 Å². The van der Waals surface area contributed by atoms with Gasteiger partial charge in [-0.05, 0) is 35.8 Å². The van der Waals surface area contributed by atoms with Crippen molar-refractivity contribution in [2.24, 2.45) is 11.3 Å². The van der Waals surface area contributed by atoms with Crippen LogP contribution in [-0.4, -0.2) is 10.1 Å². The van der Waals surface area contributed by atoms with Gasteiger partial charge in [-0.25, -0.2) is 0 Å². The Morgan fingerprint density at radius 2 is 2.36 bits per heavy atom. The van der Waals surface area contributed by atoms with Crippen LogP contribution in [0.3, 0.4) is 0 Å². The summed E-state index contributed by atoms with van der Waals surface area (Å²) in [5.74, 6) is 0.415. The van der Waals surface area contributed by atoms with Crippen molar-refractivity contribution in [3.63, 3.8) is 0 Å². The van der Waals surface area contributed by atoms with Crippen LogP contribution in [0.5, 0.6) is 0 Å². The van der Waals surface area contributed by atoms with E-state index in [-0.39, 0.29) is 11.5 Å². The third-order valence-corrected chi connectivity index (χ3v) is 3.68. The van der Waals surface area contributed by atoms with Gasteiger partial charge in [0.1, 0.15) is 0 Å². The van der Waals surface area contributed by atoms with E-state index in [1.165, 1.54) is 12.8 Å². The Labute approximate surface area is 85.3 Å². The van der Waals surface area contributed by atoms with Crippen molar-refractivity contribution in [1.82, 2.24) is 4.98 Å². The van der Waals surface area contributed by atoms with Gasteiger partial charge < -0.3 is 10.1 Å². The molecule has 0 radical (unpaired) electrons. The topological polar surface area (TPSA) is 36.0 Å². The molecule has 0 amide bonds. The zero-order valence-electron chi connectivity index (χ0n) is 8.96. The molecule has 1 fully saturated rings. The van der Waals surface area contributed by atoms with Crippen LogP contribution in [0.2, 0.25) is 0 Å². The maximum atomic E-state index is 10.2. The second kappa shape index (κ2) is 3.43. The van der Waals surface area contributed by atoms with Crippen LogP contribution in [0.4, 0.5) is 0 Å². The third-order valence-electron chi connectivity index (χ3n) is 3.68. The average Bonchev–Trinajstić information content (AvgIpc) is 2.71. The summed E-state index contributed by atoms with van der Waals surface area (Å²) in [5, 5.41) is 10.2. The van der Waals surface area contributed by atoms with Gasteiger partial charge in [-0.15, -0.1) is 0 Å². The molecule has 2 rings (SSSR count). The highest BCUT2D eigenvalue weighted by Gasteiger charge is 2.39. The number of aromatic nitrogens is 1. The van der Waals surface area contributed by atoms with Gasteiger partial charge in [-0.1, -0.05) is 20.3 Å². The van der Waals surface area contributed by atoms with Gasteiger partial charge in [0.15, 0.2) is 0 Å². The summed E-state index contributed by atoms with van der Waals surface area (Å²) in [6.45, 7) is 4.53. The van der Waals surface area contributed by atoms with E-state index in [1.807, 2.05) is 18.5 Å². The molecule has 0 aliphatic heterocycles. The highest BCUT2D eigenvalue weighted by molar-refractivity contribution is 5.14. The molecule has 2 atom stereocenters. The first-order valence-corrected chi connectivity index (χ1v) is 5.42. The molecule has 0 aromatic carbocycles. The third kappa shape index (κ3) is 1.59. The van der Waals surface area contributed by atoms with E-state index >= 15 is 0 Å². The van der Waals surface area contributed by atoms with Gasteiger partial charge in [0.05, 0.1) is 6.10 Å². The Kier molecular flexibility index (Phi) is 2.40. The fourth-order valence-electron chi connectivity index (χ4n) is 2.69. The number of aliphatic hydroxyl groups is 1. The minimum absolute atomic E-state index is 0.288. The smallest absolute Gasteiger partial charge is 0.0837 e. The highest BCUT2D eigenvalue weighted by atomic mass is 16.3. The minimum atomic E-state index is -0.293. The fraction of sp³-hybridized carbons (Fsp3) is 0.667. The van der Waals surface area contributed by atoms with Crippen molar-refractivity contribution >= 4 is 0 Å². The summed E-state index contributed by atoms with van der Waals surface area (Å²) < 4.78 is 0. The number of H-pyrrole nitrogens is 1. The summed E-state index contributed by atoms with van der Waals surface area (Å²) in [4.78, 5) is 3.00. The molecule has 2 unspecified atom stereocenters.